The molecule has 0 spiro atoms. The average Bonchev–Trinajstić information content (AvgIpc) is 3.23. The summed E-state index contributed by atoms with van der Waals surface area (Å²) in [7, 11) is 0. The SMILES string of the molecule is O=C(CSc1nnc(N2CCCCC2)n1-c1ccccc1)NOCc1ccccc1. The molecule has 1 N–H and O–H groups in total. The van der Waals surface area contributed by atoms with E-state index in [-0.39, 0.29) is 11.7 Å². The fraction of sp³-hybridized carbons (Fsp3) is 0.318. The number of hydrogen-bond donors (Lipinski definition) is 1. The van der Waals surface area contributed by atoms with Crippen LogP contribution in [-0.4, -0.2) is 39.5 Å². The number of rotatable bonds is 8. The van der Waals surface area contributed by atoms with Gasteiger partial charge in [-0.15, -0.1) is 10.2 Å². The second-order valence-electron chi connectivity index (χ2n) is 7.09. The molecule has 1 amide bonds. The highest BCUT2D eigenvalue weighted by atomic mass is 32.2. The second-order valence-corrected chi connectivity index (χ2v) is 8.03. The van der Waals surface area contributed by atoms with Gasteiger partial charge in [-0.2, -0.15) is 0 Å². The zero-order valence-corrected chi connectivity index (χ0v) is 17.6. The van der Waals surface area contributed by atoms with E-state index >= 15 is 0 Å². The Hall–Kier alpha value is -2.84. The van der Waals surface area contributed by atoms with Crippen molar-refractivity contribution in [1.82, 2.24) is 20.2 Å². The van der Waals surface area contributed by atoms with Crippen LogP contribution in [0.25, 0.3) is 5.69 Å². The Labute approximate surface area is 180 Å². The predicted molar refractivity (Wildman–Crippen MR) is 118 cm³/mol. The lowest BCUT2D eigenvalue weighted by molar-refractivity contribution is -0.131. The summed E-state index contributed by atoms with van der Waals surface area (Å²) in [6, 6.07) is 19.8. The van der Waals surface area contributed by atoms with Crippen molar-refractivity contribution in [2.24, 2.45) is 0 Å². The Morgan fingerprint density at radius 3 is 2.40 bits per heavy atom. The molecule has 4 rings (SSSR count). The molecule has 8 heteroatoms. The lowest BCUT2D eigenvalue weighted by Gasteiger charge is -2.27. The van der Waals surface area contributed by atoms with Crippen LogP contribution in [0.3, 0.4) is 0 Å². The number of anilines is 1. The number of carbonyl (C=O) groups excluding carboxylic acids is 1. The Morgan fingerprint density at radius 2 is 1.67 bits per heavy atom. The fourth-order valence-corrected chi connectivity index (χ4v) is 4.12. The molecule has 1 aliphatic rings. The van der Waals surface area contributed by atoms with E-state index in [1.54, 1.807) is 0 Å². The summed E-state index contributed by atoms with van der Waals surface area (Å²) in [6.45, 7) is 2.28. The first-order valence-corrected chi connectivity index (χ1v) is 11.1. The van der Waals surface area contributed by atoms with Crippen LogP contribution in [0.5, 0.6) is 0 Å². The first kappa shape index (κ1) is 20.4. The van der Waals surface area contributed by atoms with E-state index in [9.17, 15) is 4.79 Å². The number of carbonyl (C=O) groups is 1. The van der Waals surface area contributed by atoms with Crippen molar-refractivity contribution in [3.05, 3.63) is 66.2 Å². The summed E-state index contributed by atoms with van der Waals surface area (Å²) in [4.78, 5) is 19.8. The van der Waals surface area contributed by atoms with Gasteiger partial charge in [0, 0.05) is 13.1 Å². The van der Waals surface area contributed by atoms with Crippen LogP contribution in [0, 0.1) is 0 Å². The first-order chi connectivity index (χ1) is 14.8. The van der Waals surface area contributed by atoms with E-state index < -0.39 is 0 Å². The number of benzene rings is 2. The highest BCUT2D eigenvalue weighted by molar-refractivity contribution is 7.99. The summed E-state index contributed by atoms with van der Waals surface area (Å²) in [5.41, 5.74) is 4.50. The van der Waals surface area contributed by atoms with Crippen LogP contribution < -0.4 is 10.4 Å². The lowest BCUT2D eigenvalue weighted by atomic mass is 10.1. The number of nitrogens with zero attached hydrogens (tertiary/aromatic N) is 4. The summed E-state index contributed by atoms with van der Waals surface area (Å²) in [6.07, 6.45) is 3.57. The first-order valence-electron chi connectivity index (χ1n) is 10.1. The summed E-state index contributed by atoms with van der Waals surface area (Å²) < 4.78 is 2.04. The number of hydroxylamine groups is 1. The number of piperidine rings is 1. The van der Waals surface area contributed by atoms with Crippen molar-refractivity contribution in [1.29, 1.82) is 0 Å². The largest absolute Gasteiger partial charge is 0.341 e. The molecule has 2 aromatic carbocycles. The topological polar surface area (TPSA) is 72.3 Å². The molecule has 2 heterocycles. The number of nitrogens with one attached hydrogen (secondary N) is 1. The minimum absolute atomic E-state index is 0.194. The van der Waals surface area contributed by atoms with E-state index in [0.717, 1.165) is 43.1 Å². The number of aromatic nitrogens is 3. The number of amides is 1. The molecule has 156 valence electrons. The van der Waals surface area contributed by atoms with Crippen molar-refractivity contribution in [3.8, 4) is 5.69 Å². The molecule has 1 fully saturated rings. The van der Waals surface area contributed by atoms with E-state index in [0.29, 0.717) is 11.8 Å². The Kier molecular flexibility index (Phi) is 6.99. The smallest absolute Gasteiger partial charge is 0.254 e. The van der Waals surface area contributed by atoms with Crippen LogP contribution in [0.1, 0.15) is 24.8 Å². The van der Waals surface area contributed by atoms with Crippen molar-refractivity contribution in [3.63, 3.8) is 0 Å². The van der Waals surface area contributed by atoms with Gasteiger partial charge < -0.3 is 4.90 Å². The summed E-state index contributed by atoms with van der Waals surface area (Å²) in [5, 5.41) is 9.53. The highest BCUT2D eigenvalue weighted by Crippen LogP contribution is 2.28. The maximum atomic E-state index is 12.2. The molecule has 1 aromatic heterocycles. The third kappa shape index (κ3) is 5.20. The second kappa shape index (κ2) is 10.3. The van der Waals surface area contributed by atoms with Crippen LogP contribution in [0.15, 0.2) is 65.8 Å². The van der Waals surface area contributed by atoms with Gasteiger partial charge >= 0.3 is 0 Å². The molecule has 30 heavy (non-hydrogen) atoms. The van der Waals surface area contributed by atoms with Crippen molar-refractivity contribution in [2.75, 3.05) is 23.7 Å². The number of para-hydroxylation sites is 1. The quantitative estimate of drug-likeness (QED) is 0.441. The third-order valence-corrected chi connectivity index (χ3v) is 5.80. The normalized spacial score (nSPS) is 13.9. The number of thioether (sulfide) groups is 1. The van der Waals surface area contributed by atoms with Crippen LogP contribution >= 0.6 is 11.8 Å². The van der Waals surface area contributed by atoms with E-state index in [1.165, 1.54) is 18.2 Å². The lowest BCUT2D eigenvalue weighted by Crippen LogP contribution is -2.31. The van der Waals surface area contributed by atoms with Crippen molar-refractivity contribution < 1.29 is 9.63 Å². The molecular formula is C22H25N5O2S. The molecule has 1 aliphatic heterocycles. The van der Waals surface area contributed by atoms with Crippen LogP contribution in [0.2, 0.25) is 0 Å². The van der Waals surface area contributed by atoms with Gasteiger partial charge in [-0.1, -0.05) is 60.3 Å². The molecule has 1 saturated heterocycles. The minimum atomic E-state index is -0.210. The van der Waals surface area contributed by atoms with Gasteiger partial charge in [0.15, 0.2) is 5.16 Å². The molecule has 0 bridgehead atoms. The van der Waals surface area contributed by atoms with E-state index in [4.69, 9.17) is 4.84 Å². The monoisotopic (exact) mass is 423 g/mol. The summed E-state index contributed by atoms with van der Waals surface area (Å²) >= 11 is 1.35. The number of hydrogen-bond acceptors (Lipinski definition) is 6. The molecule has 0 radical (unpaired) electrons. The van der Waals surface area contributed by atoms with Gasteiger partial charge in [-0.3, -0.25) is 14.2 Å². The standard InChI is InChI=1S/C22H25N5O2S/c28-20(25-29-16-18-10-4-1-5-11-18)17-30-22-24-23-21(26-14-8-3-9-15-26)27(22)19-12-6-2-7-13-19/h1-2,4-7,10-13H,3,8-9,14-17H2,(H,25,28). The van der Waals surface area contributed by atoms with Gasteiger partial charge in [0.25, 0.3) is 5.91 Å². The molecular weight excluding hydrogens is 398 g/mol. The molecule has 7 nitrogen and oxygen atoms in total. The van der Waals surface area contributed by atoms with Gasteiger partial charge in [-0.05, 0) is 37.0 Å². The fourth-order valence-electron chi connectivity index (χ4n) is 3.39. The van der Waals surface area contributed by atoms with Crippen molar-refractivity contribution in [2.45, 2.75) is 31.0 Å². The summed E-state index contributed by atoms with van der Waals surface area (Å²) in [5.74, 6) is 0.821. The van der Waals surface area contributed by atoms with Gasteiger partial charge in [0.1, 0.15) is 0 Å². The maximum Gasteiger partial charge on any atom is 0.254 e. The van der Waals surface area contributed by atoms with Crippen LogP contribution in [-0.2, 0) is 16.2 Å². The Balaban J connectivity index is 1.40. The van der Waals surface area contributed by atoms with Gasteiger partial charge in [0.05, 0.1) is 18.0 Å². The molecule has 0 atom stereocenters. The van der Waals surface area contributed by atoms with Crippen molar-refractivity contribution >= 4 is 23.6 Å². The Bertz CT molecular complexity index is 943. The van der Waals surface area contributed by atoms with Crippen LogP contribution in [0.4, 0.5) is 5.95 Å². The van der Waals surface area contributed by atoms with Gasteiger partial charge in [0.2, 0.25) is 5.95 Å². The maximum absolute atomic E-state index is 12.2. The third-order valence-electron chi connectivity index (χ3n) is 4.87. The molecule has 0 saturated carbocycles. The zero-order chi connectivity index (χ0) is 20.6. The molecule has 0 aliphatic carbocycles. The predicted octanol–water partition coefficient (Wildman–Crippen LogP) is 3.60. The minimum Gasteiger partial charge on any atom is -0.341 e. The zero-order valence-electron chi connectivity index (χ0n) is 16.7. The van der Waals surface area contributed by atoms with Gasteiger partial charge in [-0.25, -0.2) is 5.48 Å². The highest BCUT2D eigenvalue weighted by Gasteiger charge is 2.22. The Morgan fingerprint density at radius 1 is 0.967 bits per heavy atom. The molecule has 0 unspecified atom stereocenters. The molecule has 3 aromatic rings. The average molecular weight is 424 g/mol. The van der Waals surface area contributed by atoms with E-state index in [2.05, 4.69) is 20.6 Å². The van der Waals surface area contributed by atoms with E-state index in [1.807, 2.05) is 65.2 Å².